The minimum atomic E-state index is -1.46. The molecule has 0 unspecified atom stereocenters. The van der Waals surface area contributed by atoms with Gasteiger partial charge in [0.15, 0.2) is 5.58 Å². The first kappa shape index (κ1) is 41.5. The van der Waals surface area contributed by atoms with Gasteiger partial charge in [0.25, 0.3) is 11.5 Å². The van der Waals surface area contributed by atoms with Crippen molar-refractivity contribution < 1.29 is 38.1 Å². The molecule has 5 aromatic rings. The number of pyridine rings is 1. The summed E-state index contributed by atoms with van der Waals surface area (Å²) in [6.07, 6.45) is 0.876. The molecule has 0 spiro atoms. The van der Waals surface area contributed by atoms with Crippen LogP contribution in [0.15, 0.2) is 88.2 Å². The number of benzene rings is 2. The average Bonchev–Trinajstić information content (AvgIpc) is 3.62. The molecule has 5 rings (SSSR count). The Morgan fingerprint density at radius 1 is 0.911 bits per heavy atom. The number of aliphatic hydroxyl groups excluding tert-OH is 1. The molecule has 56 heavy (non-hydrogen) atoms. The van der Waals surface area contributed by atoms with Gasteiger partial charge in [0, 0.05) is 31.8 Å². The first-order chi connectivity index (χ1) is 27.0. The van der Waals surface area contributed by atoms with Crippen molar-refractivity contribution in [2.45, 2.75) is 51.5 Å². The monoisotopic (exact) mass is 771 g/mol. The van der Waals surface area contributed by atoms with E-state index in [4.69, 9.17) is 29.1 Å². The minimum absolute atomic E-state index is 0.124. The van der Waals surface area contributed by atoms with E-state index in [1.165, 1.54) is 10.7 Å². The standard InChI is InChI=1S/C40H49N7O9/c1-26(2)21-34(44-39(51)37(49)31(41)22-27-7-5-4-6-8-27)38(50)42-15-16-52-17-18-53-19-20-54-30-10-9-28(43-24-30)25-55-29-11-13-35-33(23-29)45-40(56-35)32-12-14-36(48)47(3)46-32/h4-14,23-24,26,31,34,37,49H,15-22,25,41H2,1-3H3,(H,42,50)(H,44,51)/t31-,34+,37+/m1/s1. The van der Waals surface area contributed by atoms with Crippen LogP contribution in [0.1, 0.15) is 31.5 Å². The van der Waals surface area contributed by atoms with E-state index < -0.39 is 24.1 Å². The molecule has 0 saturated carbocycles. The van der Waals surface area contributed by atoms with Crippen molar-refractivity contribution in [1.29, 1.82) is 0 Å². The normalized spacial score (nSPS) is 13.0. The number of carbonyl (C=O) groups is 2. The third-order valence-corrected chi connectivity index (χ3v) is 8.47. The lowest BCUT2D eigenvalue weighted by Gasteiger charge is -2.24. The smallest absolute Gasteiger partial charge is 0.266 e. The fourth-order valence-corrected chi connectivity index (χ4v) is 5.52. The highest BCUT2D eigenvalue weighted by Gasteiger charge is 2.28. The molecule has 2 amide bonds. The SMILES string of the molecule is CC(C)C[C@H](NC(=O)[C@@H](O)[C@H](N)Cc1ccccc1)C(=O)NCCOCCOCCOc1ccc(COc2ccc3oc(-c4ccc(=O)n(C)n4)nc3c2)nc1. The lowest BCUT2D eigenvalue weighted by Crippen LogP contribution is -2.54. The largest absolute Gasteiger partial charge is 0.490 e. The summed E-state index contributed by atoms with van der Waals surface area (Å²) >= 11 is 0. The van der Waals surface area contributed by atoms with E-state index in [-0.39, 0.29) is 37.1 Å². The highest BCUT2D eigenvalue weighted by Crippen LogP contribution is 2.26. The number of nitrogens with zero attached hydrogens (tertiary/aromatic N) is 4. The molecule has 0 radical (unpaired) electrons. The van der Waals surface area contributed by atoms with Gasteiger partial charge in [-0.05, 0) is 54.7 Å². The lowest BCUT2D eigenvalue weighted by molar-refractivity contribution is -0.135. The second-order valence-corrected chi connectivity index (χ2v) is 13.5. The number of fused-ring (bicyclic) bond motifs is 1. The van der Waals surface area contributed by atoms with Gasteiger partial charge in [0.2, 0.25) is 11.8 Å². The number of nitrogens with two attached hydrogens (primary N) is 1. The number of hydrogen-bond donors (Lipinski definition) is 4. The Balaban J connectivity index is 0.922. The molecule has 0 aliphatic carbocycles. The van der Waals surface area contributed by atoms with Gasteiger partial charge in [-0.1, -0.05) is 44.2 Å². The van der Waals surface area contributed by atoms with Crippen LogP contribution in [0.3, 0.4) is 0 Å². The summed E-state index contributed by atoms with van der Waals surface area (Å²) in [5.41, 5.74) is 9.08. The Labute approximate surface area is 324 Å². The summed E-state index contributed by atoms with van der Waals surface area (Å²) in [4.78, 5) is 46.1. The summed E-state index contributed by atoms with van der Waals surface area (Å²) in [5, 5.41) is 20.1. The van der Waals surface area contributed by atoms with Gasteiger partial charge in [-0.25, -0.2) is 9.67 Å². The Kier molecular flexibility index (Phi) is 15.4. The van der Waals surface area contributed by atoms with Crippen molar-refractivity contribution in [3.8, 4) is 23.1 Å². The van der Waals surface area contributed by atoms with Gasteiger partial charge in [-0.2, -0.15) is 5.10 Å². The molecule has 3 heterocycles. The number of aliphatic hydroxyl groups is 1. The summed E-state index contributed by atoms with van der Waals surface area (Å²) in [6.45, 7) is 5.93. The van der Waals surface area contributed by atoms with Crippen LogP contribution in [-0.2, 0) is 39.1 Å². The van der Waals surface area contributed by atoms with Crippen LogP contribution in [0.5, 0.6) is 11.5 Å². The number of hydrogen-bond acceptors (Lipinski definition) is 13. The Morgan fingerprint density at radius 2 is 1.66 bits per heavy atom. The number of amides is 2. The first-order valence-corrected chi connectivity index (χ1v) is 18.4. The maximum Gasteiger partial charge on any atom is 0.266 e. The van der Waals surface area contributed by atoms with Crippen molar-refractivity contribution >= 4 is 22.9 Å². The highest BCUT2D eigenvalue weighted by atomic mass is 16.5. The van der Waals surface area contributed by atoms with Crippen LogP contribution in [0.4, 0.5) is 0 Å². The second kappa shape index (κ2) is 20.8. The van der Waals surface area contributed by atoms with E-state index in [9.17, 15) is 19.5 Å². The van der Waals surface area contributed by atoms with E-state index >= 15 is 0 Å². The van der Waals surface area contributed by atoms with Crippen LogP contribution < -0.4 is 31.4 Å². The van der Waals surface area contributed by atoms with Crippen LogP contribution in [-0.4, -0.2) is 94.4 Å². The molecule has 16 heteroatoms. The molecule has 298 valence electrons. The number of rotatable bonds is 22. The number of carbonyl (C=O) groups excluding carboxylic acids is 2. The van der Waals surface area contributed by atoms with E-state index in [2.05, 4.69) is 25.7 Å². The molecule has 2 aromatic carbocycles. The third-order valence-electron chi connectivity index (χ3n) is 8.47. The van der Waals surface area contributed by atoms with E-state index in [0.717, 1.165) is 5.56 Å². The quantitative estimate of drug-likeness (QED) is 0.0746. The summed E-state index contributed by atoms with van der Waals surface area (Å²) in [6, 6.07) is 19.6. The Bertz CT molecular complexity index is 2060. The van der Waals surface area contributed by atoms with Gasteiger partial charge >= 0.3 is 0 Å². The topological polar surface area (TPSA) is 215 Å². The molecule has 0 aliphatic heterocycles. The molecule has 0 aliphatic rings. The van der Waals surface area contributed by atoms with Crippen molar-refractivity contribution in [3.63, 3.8) is 0 Å². The number of oxazole rings is 1. The van der Waals surface area contributed by atoms with Crippen molar-refractivity contribution in [1.82, 2.24) is 30.4 Å². The molecular formula is C40H49N7O9. The predicted octanol–water partition coefficient (Wildman–Crippen LogP) is 2.55. The minimum Gasteiger partial charge on any atom is -0.490 e. The summed E-state index contributed by atoms with van der Waals surface area (Å²) < 4.78 is 29.8. The van der Waals surface area contributed by atoms with Crippen LogP contribution >= 0.6 is 0 Å². The predicted molar refractivity (Wildman–Crippen MR) is 207 cm³/mol. The first-order valence-electron chi connectivity index (χ1n) is 18.4. The van der Waals surface area contributed by atoms with Crippen molar-refractivity contribution in [2.24, 2.45) is 18.7 Å². The van der Waals surface area contributed by atoms with Crippen molar-refractivity contribution in [3.05, 3.63) is 101 Å². The molecule has 16 nitrogen and oxygen atoms in total. The van der Waals surface area contributed by atoms with E-state index in [1.807, 2.05) is 50.2 Å². The van der Waals surface area contributed by atoms with Crippen LogP contribution in [0, 0.1) is 5.92 Å². The van der Waals surface area contributed by atoms with Crippen molar-refractivity contribution in [2.75, 3.05) is 39.6 Å². The maximum absolute atomic E-state index is 12.9. The molecule has 0 saturated heterocycles. The maximum atomic E-state index is 12.9. The lowest BCUT2D eigenvalue weighted by atomic mass is 10.00. The van der Waals surface area contributed by atoms with Gasteiger partial charge < -0.3 is 44.8 Å². The third kappa shape index (κ3) is 12.7. The number of ether oxygens (including phenoxy) is 4. The van der Waals surface area contributed by atoms with Gasteiger partial charge in [-0.15, -0.1) is 0 Å². The van der Waals surface area contributed by atoms with Crippen LogP contribution in [0.25, 0.3) is 22.7 Å². The zero-order valence-corrected chi connectivity index (χ0v) is 31.8. The number of aromatic nitrogens is 4. The zero-order valence-electron chi connectivity index (χ0n) is 31.8. The van der Waals surface area contributed by atoms with Gasteiger partial charge in [0.1, 0.15) is 48.1 Å². The highest BCUT2D eigenvalue weighted by molar-refractivity contribution is 5.89. The molecule has 0 fully saturated rings. The van der Waals surface area contributed by atoms with E-state index in [0.29, 0.717) is 79.1 Å². The number of nitrogens with one attached hydrogen (secondary N) is 2. The molecule has 0 bridgehead atoms. The fourth-order valence-electron chi connectivity index (χ4n) is 5.52. The van der Waals surface area contributed by atoms with E-state index in [1.54, 1.807) is 43.6 Å². The molecule has 3 atom stereocenters. The zero-order chi connectivity index (χ0) is 39.9. The second-order valence-electron chi connectivity index (χ2n) is 13.5. The molecule has 5 N–H and O–H groups in total. The van der Waals surface area contributed by atoms with Gasteiger partial charge in [0.05, 0.1) is 38.3 Å². The average molecular weight is 772 g/mol. The summed E-state index contributed by atoms with van der Waals surface area (Å²) in [7, 11) is 1.56. The number of aryl methyl sites for hydroxylation is 1. The summed E-state index contributed by atoms with van der Waals surface area (Å²) in [5.74, 6) is 0.564. The van der Waals surface area contributed by atoms with Crippen LogP contribution in [0.2, 0.25) is 0 Å². The molecule has 3 aromatic heterocycles. The Morgan fingerprint density at radius 3 is 2.39 bits per heavy atom. The fraction of sp³-hybridized carbons (Fsp3) is 0.400. The molecular weight excluding hydrogens is 722 g/mol. The van der Waals surface area contributed by atoms with Gasteiger partial charge in [-0.3, -0.25) is 19.4 Å². The Hall–Kier alpha value is -5.68.